The van der Waals surface area contributed by atoms with Crippen LogP contribution in [0.3, 0.4) is 0 Å². The Kier molecular flexibility index (Phi) is 0.768. The lowest BCUT2D eigenvalue weighted by molar-refractivity contribution is 0.200. The maximum atomic E-state index is 9.10. The Hall–Kier alpha value is -1.58. The third kappa shape index (κ3) is 0.452. The van der Waals surface area contributed by atoms with E-state index < -0.39 is 0 Å². The molecule has 0 radical (unpaired) electrons. The molecule has 4 nitrogen and oxygen atoms in total. The second-order valence-electron chi connectivity index (χ2n) is 2.17. The first-order chi connectivity index (χ1) is 4.79. The van der Waals surface area contributed by atoms with E-state index in [1.165, 1.54) is 6.20 Å². The fraction of sp³-hybridized carbons (Fsp3) is 0. The van der Waals surface area contributed by atoms with E-state index in [1.54, 1.807) is 12.3 Å². The van der Waals surface area contributed by atoms with Crippen LogP contribution in [-0.4, -0.2) is 14.9 Å². The van der Waals surface area contributed by atoms with Gasteiger partial charge in [-0.15, -0.1) is 0 Å². The fourth-order valence-corrected chi connectivity index (χ4v) is 1.05. The minimum Gasteiger partial charge on any atom is -0.428 e. The van der Waals surface area contributed by atoms with E-state index in [2.05, 4.69) is 4.98 Å². The average Bonchev–Trinajstić information content (AvgIpc) is 2.40. The molecule has 0 aliphatic heterocycles. The zero-order valence-electron chi connectivity index (χ0n) is 5.20. The van der Waals surface area contributed by atoms with Crippen LogP contribution in [0.5, 0.6) is 0 Å². The molecule has 2 rings (SSSR count). The number of aromatic nitrogens is 2. The van der Waals surface area contributed by atoms with Crippen molar-refractivity contribution in [2.75, 3.05) is 5.73 Å². The van der Waals surface area contributed by atoms with E-state index in [0.29, 0.717) is 11.2 Å². The Labute approximate surface area is 56.8 Å². The Balaban J connectivity index is 2.98. The van der Waals surface area contributed by atoms with Gasteiger partial charge in [-0.25, -0.2) is 0 Å². The molecular formula is C6H7N3O. The summed E-state index contributed by atoms with van der Waals surface area (Å²) in [6.07, 6.45) is 3.19. The molecule has 0 aromatic carbocycles. The number of nitrogens with zero attached hydrogens (tertiary/aromatic N) is 1. The summed E-state index contributed by atoms with van der Waals surface area (Å²) in [5, 5.41) is 9.10. The Morgan fingerprint density at radius 2 is 2.40 bits per heavy atom. The number of anilines is 1. The SMILES string of the molecule is Nc1c[nH]c2ccn(O)c12. The second-order valence-corrected chi connectivity index (χ2v) is 2.17. The van der Waals surface area contributed by atoms with Crippen LogP contribution >= 0.6 is 0 Å². The van der Waals surface area contributed by atoms with E-state index in [0.717, 1.165) is 10.2 Å². The highest BCUT2D eigenvalue weighted by Crippen LogP contribution is 2.19. The zero-order chi connectivity index (χ0) is 7.14. The summed E-state index contributed by atoms with van der Waals surface area (Å²) >= 11 is 0. The maximum absolute atomic E-state index is 9.10. The molecule has 0 saturated carbocycles. The van der Waals surface area contributed by atoms with E-state index in [4.69, 9.17) is 10.9 Å². The van der Waals surface area contributed by atoms with Gasteiger partial charge in [0.1, 0.15) is 5.52 Å². The van der Waals surface area contributed by atoms with E-state index in [9.17, 15) is 0 Å². The third-order valence-electron chi connectivity index (χ3n) is 1.52. The summed E-state index contributed by atoms with van der Waals surface area (Å²) in [7, 11) is 0. The van der Waals surface area contributed by atoms with Gasteiger partial charge >= 0.3 is 0 Å². The first-order valence-corrected chi connectivity index (χ1v) is 2.92. The van der Waals surface area contributed by atoms with Crippen LogP contribution < -0.4 is 5.73 Å². The standard InChI is InChI=1S/C6H7N3O/c7-4-3-8-5-1-2-9(10)6(4)5/h1-3,8,10H,7H2. The summed E-state index contributed by atoms with van der Waals surface area (Å²) < 4.78 is 1.00. The minimum absolute atomic E-state index is 0.558. The minimum atomic E-state index is 0.558. The lowest BCUT2D eigenvalue weighted by Crippen LogP contribution is -1.89. The number of hydrogen-bond donors (Lipinski definition) is 3. The molecule has 0 aliphatic rings. The van der Waals surface area contributed by atoms with Gasteiger partial charge in [0.2, 0.25) is 0 Å². The third-order valence-corrected chi connectivity index (χ3v) is 1.52. The molecule has 2 aromatic heterocycles. The van der Waals surface area contributed by atoms with Crippen molar-refractivity contribution in [3.05, 3.63) is 18.5 Å². The highest BCUT2D eigenvalue weighted by molar-refractivity contribution is 5.88. The molecule has 0 spiro atoms. The van der Waals surface area contributed by atoms with Crippen LogP contribution in [0.1, 0.15) is 0 Å². The Bertz CT molecular complexity index is 328. The number of H-pyrrole nitrogens is 1. The molecule has 0 amide bonds. The molecule has 0 fully saturated rings. The van der Waals surface area contributed by atoms with Gasteiger partial charge in [0.25, 0.3) is 0 Å². The monoisotopic (exact) mass is 137 g/mol. The van der Waals surface area contributed by atoms with E-state index in [-0.39, 0.29) is 0 Å². The molecule has 4 heteroatoms. The normalized spacial score (nSPS) is 10.8. The van der Waals surface area contributed by atoms with Crippen molar-refractivity contribution in [1.82, 2.24) is 9.71 Å². The predicted octanol–water partition coefficient (Wildman–Crippen LogP) is 0.789. The van der Waals surface area contributed by atoms with Gasteiger partial charge in [0, 0.05) is 12.4 Å². The fourth-order valence-electron chi connectivity index (χ4n) is 1.05. The Morgan fingerprint density at radius 1 is 1.60 bits per heavy atom. The van der Waals surface area contributed by atoms with E-state index in [1.807, 2.05) is 0 Å². The quantitative estimate of drug-likeness (QED) is 0.470. The summed E-state index contributed by atoms with van der Waals surface area (Å²) in [6.45, 7) is 0. The summed E-state index contributed by atoms with van der Waals surface area (Å²) in [4.78, 5) is 2.90. The van der Waals surface area contributed by atoms with Crippen molar-refractivity contribution in [1.29, 1.82) is 0 Å². The number of nitrogens with two attached hydrogens (primary N) is 1. The van der Waals surface area contributed by atoms with Gasteiger partial charge in [-0.3, -0.25) is 0 Å². The van der Waals surface area contributed by atoms with Crippen molar-refractivity contribution >= 4 is 16.7 Å². The molecule has 0 saturated heterocycles. The molecular weight excluding hydrogens is 130 g/mol. The number of fused-ring (bicyclic) bond motifs is 1. The summed E-state index contributed by atoms with van der Waals surface area (Å²) in [5.41, 5.74) is 7.55. The maximum Gasteiger partial charge on any atom is 0.127 e. The predicted molar refractivity (Wildman–Crippen MR) is 37.9 cm³/mol. The van der Waals surface area contributed by atoms with Gasteiger partial charge in [-0.05, 0) is 6.07 Å². The zero-order valence-corrected chi connectivity index (χ0v) is 5.20. The van der Waals surface area contributed by atoms with Gasteiger partial charge in [0.15, 0.2) is 0 Å². The molecule has 0 bridgehead atoms. The van der Waals surface area contributed by atoms with Crippen LogP contribution in [-0.2, 0) is 0 Å². The molecule has 4 N–H and O–H groups in total. The van der Waals surface area contributed by atoms with Crippen LogP contribution in [0.25, 0.3) is 11.0 Å². The van der Waals surface area contributed by atoms with Crippen LogP contribution in [0.2, 0.25) is 0 Å². The average molecular weight is 137 g/mol. The van der Waals surface area contributed by atoms with Gasteiger partial charge in [-0.2, -0.15) is 4.73 Å². The van der Waals surface area contributed by atoms with Gasteiger partial charge in [0.05, 0.1) is 11.2 Å². The lowest BCUT2D eigenvalue weighted by Gasteiger charge is -1.89. The number of nitrogen functional groups attached to an aromatic ring is 1. The van der Waals surface area contributed by atoms with Gasteiger partial charge < -0.3 is 15.9 Å². The van der Waals surface area contributed by atoms with Crippen molar-refractivity contribution in [2.45, 2.75) is 0 Å². The molecule has 10 heavy (non-hydrogen) atoms. The second kappa shape index (κ2) is 1.47. The van der Waals surface area contributed by atoms with Crippen molar-refractivity contribution in [3.8, 4) is 0 Å². The lowest BCUT2D eigenvalue weighted by atomic mass is 10.4. The summed E-state index contributed by atoms with van der Waals surface area (Å²) in [6, 6.07) is 1.76. The first kappa shape index (κ1) is 5.22. The molecule has 52 valence electrons. The largest absolute Gasteiger partial charge is 0.428 e. The Morgan fingerprint density at radius 3 is 3.10 bits per heavy atom. The topological polar surface area (TPSA) is 67.0 Å². The molecule has 2 heterocycles. The molecule has 0 unspecified atom stereocenters. The van der Waals surface area contributed by atoms with Crippen LogP contribution in [0.15, 0.2) is 18.5 Å². The number of rotatable bonds is 0. The molecule has 2 aromatic rings. The summed E-state index contributed by atoms with van der Waals surface area (Å²) in [5.74, 6) is 0. The number of aromatic amines is 1. The van der Waals surface area contributed by atoms with Crippen LogP contribution in [0, 0.1) is 0 Å². The first-order valence-electron chi connectivity index (χ1n) is 2.92. The molecule has 0 atom stereocenters. The highest BCUT2D eigenvalue weighted by atomic mass is 16.5. The molecule has 0 aliphatic carbocycles. The smallest absolute Gasteiger partial charge is 0.127 e. The van der Waals surface area contributed by atoms with Crippen molar-refractivity contribution < 1.29 is 5.21 Å². The van der Waals surface area contributed by atoms with Crippen molar-refractivity contribution in [2.24, 2.45) is 0 Å². The number of nitrogens with one attached hydrogen (secondary N) is 1. The van der Waals surface area contributed by atoms with Crippen molar-refractivity contribution in [3.63, 3.8) is 0 Å². The van der Waals surface area contributed by atoms with Gasteiger partial charge in [-0.1, -0.05) is 0 Å². The van der Waals surface area contributed by atoms with E-state index >= 15 is 0 Å². The highest BCUT2D eigenvalue weighted by Gasteiger charge is 2.03. The number of hydrogen-bond acceptors (Lipinski definition) is 2. The van der Waals surface area contributed by atoms with Crippen LogP contribution in [0.4, 0.5) is 5.69 Å².